The van der Waals surface area contributed by atoms with Crippen LogP contribution in [0.15, 0.2) is 91.0 Å². The Labute approximate surface area is 224 Å². The molecule has 0 bridgehead atoms. The third-order valence-electron chi connectivity index (χ3n) is 5.57. The Balaban J connectivity index is 1.87. The highest BCUT2D eigenvalue weighted by molar-refractivity contribution is 8.17. The minimum atomic E-state index is -0.771. The van der Waals surface area contributed by atoms with Gasteiger partial charge in [0.1, 0.15) is 18.3 Å². The molecule has 0 fully saturated rings. The molecule has 0 saturated heterocycles. The van der Waals surface area contributed by atoms with Crippen molar-refractivity contribution >= 4 is 29.8 Å². The van der Waals surface area contributed by atoms with Crippen LogP contribution in [-0.4, -0.2) is 40.7 Å². The second kappa shape index (κ2) is 16.6. The second-order valence-electron chi connectivity index (χ2n) is 8.20. The maximum atomic E-state index is 12.4. The largest absolute Gasteiger partial charge is 0.369 e. The normalized spacial score (nSPS) is 13.9. The van der Waals surface area contributed by atoms with Gasteiger partial charge < -0.3 is 19.0 Å². The summed E-state index contributed by atoms with van der Waals surface area (Å²) in [4.78, 5) is 12.4. The fourth-order valence-electron chi connectivity index (χ4n) is 3.78. The van der Waals surface area contributed by atoms with Crippen molar-refractivity contribution in [2.75, 3.05) is 11.5 Å². The van der Waals surface area contributed by atoms with Crippen LogP contribution in [0.2, 0.25) is 0 Å². The highest BCUT2D eigenvalue weighted by Gasteiger charge is 2.38. The van der Waals surface area contributed by atoms with E-state index in [1.165, 1.54) is 0 Å². The van der Waals surface area contributed by atoms with Gasteiger partial charge in [0.25, 0.3) is 0 Å². The lowest BCUT2D eigenvalue weighted by molar-refractivity contribution is -0.155. The Kier molecular flexibility index (Phi) is 13.1. The fourth-order valence-corrected chi connectivity index (χ4v) is 6.49. The van der Waals surface area contributed by atoms with Gasteiger partial charge in [0.2, 0.25) is 0 Å². The first-order chi connectivity index (χ1) is 17.7. The third-order valence-corrected chi connectivity index (χ3v) is 8.24. The lowest BCUT2D eigenvalue weighted by Gasteiger charge is -2.35. The van der Waals surface area contributed by atoms with Gasteiger partial charge in [0.05, 0.1) is 24.4 Å². The molecule has 3 rings (SSSR count). The SMILES string of the molecule is CCSC(SCC)[C@@H](OCc1ccccc1)[C@H](OCc1ccccc1)[C@H](C=O)OCc1ccccc1. The molecule has 0 spiro atoms. The zero-order valence-corrected chi connectivity index (χ0v) is 22.7. The number of thioether (sulfide) groups is 2. The lowest BCUT2D eigenvalue weighted by atomic mass is 10.1. The monoisotopic (exact) mass is 524 g/mol. The summed E-state index contributed by atoms with van der Waals surface area (Å²) in [5.74, 6) is 1.87. The molecule has 3 atom stereocenters. The van der Waals surface area contributed by atoms with Crippen molar-refractivity contribution in [1.29, 1.82) is 0 Å². The zero-order valence-electron chi connectivity index (χ0n) is 21.0. The van der Waals surface area contributed by atoms with Gasteiger partial charge in [0.15, 0.2) is 6.29 Å². The van der Waals surface area contributed by atoms with E-state index in [2.05, 4.69) is 26.0 Å². The van der Waals surface area contributed by atoms with Crippen molar-refractivity contribution in [3.63, 3.8) is 0 Å². The summed E-state index contributed by atoms with van der Waals surface area (Å²) in [5.41, 5.74) is 3.13. The Hall–Kier alpha value is -2.09. The molecule has 0 aromatic heterocycles. The summed E-state index contributed by atoms with van der Waals surface area (Å²) in [6, 6.07) is 30.0. The Bertz CT molecular complexity index is 966. The molecule has 0 aliphatic heterocycles. The molecule has 0 aliphatic rings. The van der Waals surface area contributed by atoms with E-state index in [0.717, 1.165) is 34.5 Å². The van der Waals surface area contributed by atoms with E-state index in [-0.39, 0.29) is 10.7 Å². The van der Waals surface area contributed by atoms with Crippen LogP contribution in [0.3, 0.4) is 0 Å². The van der Waals surface area contributed by atoms with E-state index in [0.29, 0.717) is 19.8 Å². The number of carbonyl (C=O) groups is 1. The molecular formula is C30H36O4S2. The number of benzene rings is 3. The topological polar surface area (TPSA) is 44.8 Å². The summed E-state index contributed by atoms with van der Waals surface area (Å²) in [6.45, 7) is 5.42. The van der Waals surface area contributed by atoms with Crippen LogP contribution >= 0.6 is 23.5 Å². The first kappa shape index (κ1) is 28.5. The highest BCUT2D eigenvalue weighted by Crippen LogP contribution is 2.33. The third kappa shape index (κ3) is 9.41. The maximum Gasteiger partial charge on any atom is 0.151 e. The van der Waals surface area contributed by atoms with Gasteiger partial charge in [-0.3, -0.25) is 0 Å². The predicted octanol–water partition coefficient (Wildman–Crippen LogP) is 6.77. The van der Waals surface area contributed by atoms with Crippen molar-refractivity contribution in [2.45, 2.75) is 56.6 Å². The van der Waals surface area contributed by atoms with E-state index in [1.807, 2.05) is 102 Å². The number of hydrogen-bond acceptors (Lipinski definition) is 6. The standard InChI is InChI=1S/C30H36O4S2/c1-3-35-30(36-4-2)29(34-23-26-18-12-7-13-19-26)28(33-22-25-16-10-6-11-17-25)27(20-31)32-21-24-14-8-5-9-15-24/h5-20,27-30H,3-4,21-23H2,1-2H3/t27-,28+,29-/m0/s1. The van der Waals surface area contributed by atoms with Gasteiger partial charge in [-0.05, 0) is 28.2 Å². The van der Waals surface area contributed by atoms with Crippen molar-refractivity contribution in [3.05, 3.63) is 108 Å². The van der Waals surface area contributed by atoms with Crippen molar-refractivity contribution in [2.24, 2.45) is 0 Å². The van der Waals surface area contributed by atoms with Gasteiger partial charge >= 0.3 is 0 Å². The molecule has 0 amide bonds. The minimum Gasteiger partial charge on any atom is -0.369 e. The molecule has 6 heteroatoms. The van der Waals surface area contributed by atoms with Crippen molar-refractivity contribution in [3.8, 4) is 0 Å². The minimum absolute atomic E-state index is 0.0901. The Morgan fingerprint density at radius 3 is 1.39 bits per heavy atom. The summed E-state index contributed by atoms with van der Waals surface area (Å²) < 4.78 is 19.3. The summed E-state index contributed by atoms with van der Waals surface area (Å²) in [6.07, 6.45) is -0.831. The summed E-state index contributed by atoms with van der Waals surface area (Å²) >= 11 is 3.65. The van der Waals surface area contributed by atoms with Crippen LogP contribution in [0.25, 0.3) is 0 Å². The van der Waals surface area contributed by atoms with Crippen LogP contribution in [0.4, 0.5) is 0 Å². The predicted molar refractivity (Wildman–Crippen MR) is 151 cm³/mol. The summed E-state index contributed by atoms with van der Waals surface area (Å²) in [7, 11) is 0. The van der Waals surface area contributed by atoms with Gasteiger partial charge in [-0.1, -0.05) is 105 Å². The lowest BCUT2D eigenvalue weighted by Crippen LogP contribution is -2.47. The molecular weight excluding hydrogens is 488 g/mol. The highest BCUT2D eigenvalue weighted by atomic mass is 32.2. The molecule has 0 aliphatic carbocycles. The summed E-state index contributed by atoms with van der Waals surface area (Å²) in [5, 5.41) is 0. The molecule has 192 valence electrons. The molecule has 0 heterocycles. The van der Waals surface area contributed by atoms with Crippen LogP contribution < -0.4 is 0 Å². The van der Waals surface area contributed by atoms with Crippen LogP contribution in [0, 0.1) is 0 Å². The Morgan fingerprint density at radius 2 is 1.00 bits per heavy atom. The van der Waals surface area contributed by atoms with Gasteiger partial charge in [-0.15, -0.1) is 23.5 Å². The first-order valence-electron chi connectivity index (χ1n) is 12.4. The van der Waals surface area contributed by atoms with Gasteiger partial charge in [-0.2, -0.15) is 0 Å². The zero-order chi connectivity index (χ0) is 25.4. The first-order valence-corrected chi connectivity index (χ1v) is 14.5. The molecule has 0 N–H and O–H groups in total. The number of ether oxygens (including phenoxy) is 3. The van der Waals surface area contributed by atoms with E-state index < -0.39 is 12.2 Å². The Morgan fingerprint density at radius 1 is 0.611 bits per heavy atom. The van der Waals surface area contributed by atoms with Gasteiger partial charge in [0, 0.05) is 0 Å². The van der Waals surface area contributed by atoms with Crippen LogP contribution in [0.5, 0.6) is 0 Å². The quantitative estimate of drug-likeness (QED) is 0.143. The fraction of sp³-hybridized carbons (Fsp3) is 0.367. The van der Waals surface area contributed by atoms with Crippen LogP contribution in [0.1, 0.15) is 30.5 Å². The number of carbonyl (C=O) groups excluding carboxylic acids is 1. The average Bonchev–Trinajstić information content (AvgIpc) is 2.93. The second-order valence-corrected chi connectivity index (χ2v) is 11.3. The van der Waals surface area contributed by atoms with Crippen molar-refractivity contribution in [1.82, 2.24) is 0 Å². The molecule has 0 saturated carbocycles. The number of aldehydes is 1. The van der Waals surface area contributed by atoms with Crippen LogP contribution in [-0.2, 0) is 38.8 Å². The molecule has 3 aromatic rings. The van der Waals surface area contributed by atoms with E-state index in [1.54, 1.807) is 0 Å². The maximum absolute atomic E-state index is 12.4. The van der Waals surface area contributed by atoms with E-state index in [9.17, 15) is 4.79 Å². The molecule has 4 nitrogen and oxygen atoms in total. The number of rotatable bonds is 17. The van der Waals surface area contributed by atoms with E-state index >= 15 is 0 Å². The molecule has 0 radical (unpaired) electrons. The molecule has 0 unspecified atom stereocenters. The van der Waals surface area contributed by atoms with Gasteiger partial charge in [-0.25, -0.2) is 0 Å². The molecule has 3 aromatic carbocycles. The number of hydrogen-bond donors (Lipinski definition) is 0. The smallest absolute Gasteiger partial charge is 0.151 e. The average molecular weight is 525 g/mol. The van der Waals surface area contributed by atoms with E-state index in [4.69, 9.17) is 14.2 Å². The van der Waals surface area contributed by atoms with Crippen molar-refractivity contribution < 1.29 is 19.0 Å². The molecule has 36 heavy (non-hydrogen) atoms.